The summed E-state index contributed by atoms with van der Waals surface area (Å²) in [4.78, 5) is 27.2. The van der Waals surface area contributed by atoms with Gasteiger partial charge in [0, 0.05) is 28.4 Å². The molecule has 8 nitrogen and oxygen atoms in total. The van der Waals surface area contributed by atoms with Gasteiger partial charge in [0.1, 0.15) is 5.75 Å². The minimum atomic E-state index is -3.64. The van der Waals surface area contributed by atoms with Gasteiger partial charge in [-0.2, -0.15) is 0 Å². The van der Waals surface area contributed by atoms with Crippen molar-refractivity contribution in [3.05, 3.63) is 82.9 Å². The maximum absolute atomic E-state index is 13.0. The fourth-order valence-electron chi connectivity index (χ4n) is 4.29. The van der Waals surface area contributed by atoms with Crippen LogP contribution in [0, 0.1) is 6.92 Å². The Kier molecular flexibility index (Phi) is 8.73. The van der Waals surface area contributed by atoms with E-state index >= 15 is 0 Å². The SMILES string of the molecule is CCC(c1cc(C(=O)Nc2ccc(-c3ccc(C(=O)NS(C)(=O)=O)cc3C)cc2)ccc1OC)N(C)C. The summed E-state index contributed by atoms with van der Waals surface area (Å²) in [5.41, 5.74) is 5.01. The van der Waals surface area contributed by atoms with Gasteiger partial charge in [-0.3, -0.25) is 9.59 Å². The lowest BCUT2D eigenvalue weighted by Gasteiger charge is -2.25. The Morgan fingerprint density at radius 2 is 1.57 bits per heavy atom. The summed E-state index contributed by atoms with van der Waals surface area (Å²) in [5.74, 6) is -0.146. The molecule has 9 heteroatoms. The first-order valence-electron chi connectivity index (χ1n) is 11.8. The molecule has 0 aliphatic heterocycles. The van der Waals surface area contributed by atoms with Crippen LogP contribution < -0.4 is 14.8 Å². The van der Waals surface area contributed by atoms with Crippen molar-refractivity contribution in [2.24, 2.45) is 0 Å². The lowest BCUT2D eigenvalue weighted by atomic mass is 9.98. The van der Waals surface area contributed by atoms with Crippen LogP contribution in [0.5, 0.6) is 5.75 Å². The molecular weight excluding hydrogens is 490 g/mol. The standard InChI is InChI=1S/C28H33N3O5S/c1-7-25(31(3)4)24-17-21(11-15-26(24)36-5)27(32)29-22-12-8-19(9-13-22)23-14-10-20(16-18(23)2)28(33)30-37(6,34)35/h8-17,25H,7H2,1-6H3,(H,29,32)(H,30,33). The van der Waals surface area contributed by atoms with Crippen LogP contribution in [-0.4, -0.2) is 52.6 Å². The molecule has 0 aliphatic carbocycles. The summed E-state index contributed by atoms with van der Waals surface area (Å²) < 4.78 is 30.2. The van der Waals surface area contributed by atoms with E-state index in [1.807, 2.05) is 62.1 Å². The van der Waals surface area contributed by atoms with Crippen molar-refractivity contribution in [3.8, 4) is 16.9 Å². The van der Waals surface area contributed by atoms with E-state index in [1.165, 1.54) is 0 Å². The molecule has 196 valence electrons. The number of methoxy groups -OCH3 is 1. The predicted octanol–water partition coefficient (Wildman–Crippen LogP) is 4.63. The highest BCUT2D eigenvalue weighted by Gasteiger charge is 2.19. The van der Waals surface area contributed by atoms with Crippen LogP contribution in [0.1, 0.15) is 51.2 Å². The van der Waals surface area contributed by atoms with E-state index in [0.29, 0.717) is 11.3 Å². The lowest BCUT2D eigenvalue weighted by molar-refractivity contribution is 0.0980. The summed E-state index contributed by atoms with van der Waals surface area (Å²) in [6, 6.07) is 18.0. The number of carbonyl (C=O) groups is 2. The van der Waals surface area contributed by atoms with Crippen molar-refractivity contribution < 1.29 is 22.7 Å². The van der Waals surface area contributed by atoms with E-state index in [-0.39, 0.29) is 17.5 Å². The molecule has 3 aromatic carbocycles. The molecule has 1 atom stereocenters. The van der Waals surface area contributed by atoms with Crippen LogP contribution in [0.4, 0.5) is 5.69 Å². The van der Waals surface area contributed by atoms with Crippen LogP contribution in [0.25, 0.3) is 11.1 Å². The van der Waals surface area contributed by atoms with Gasteiger partial charge in [-0.25, -0.2) is 13.1 Å². The third kappa shape index (κ3) is 6.96. The number of sulfonamides is 1. The number of benzene rings is 3. The summed E-state index contributed by atoms with van der Waals surface area (Å²) in [7, 11) is 1.99. The number of hydrogen-bond acceptors (Lipinski definition) is 6. The molecule has 0 bridgehead atoms. The molecule has 0 fully saturated rings. The highest BCUT2D eigenvalue weighted by molar-refractivity contribution is 7.89. The molecule has 2 N–H and O–H groups in total. The van der Waals surface area contributed by atoms with Crippen LogP contribution in [-0.2, 0) is 10.0 Å². The smallest absolute Gasteiger partial charge is 0.264 e. The molecule has 37 heavy (non-hydrogen) atoms. The number of carbonyl (C=O) groups excluding carboxylic acids is 2. The zero-order chi connectivity index (χ0) is 27.3. The molecule has 3 aromatic rings. The maximum atomic E-state index is 13.0. The van der Waals surface area contributed by atoms with Crippen LogP contribution >= 0.6 is 0 Å². The molecule has 0 saturated carbocycles. The fraction of sp³-hybridized carbons (Fsp3) is 0.286. The van der Waals surface area contributed by atoms with Crippen molar-refractivity contribution in [1.29, 1.82) is 0 Å². The molecule has 0 heterocycles. The number of nitrogens with one attached hydrogen (secondary N) is 2. The summed E-state index contributed by atoms with van der Waals surface area (Å²) in [6.07, 6.45) is 1.81. The Balaban J connectivity index is 1.78. The van der Waals surface area contributed by atoms with Crippen LogP contribution in [0.2, 0.25) is 0 Å². The van der Waals surface area contributed by atoms with E-state index in [2.05, 4.69) is 17.1 Å². The third-order valence-corrected chi connectivity index (χ3v) is 6.64. The first kappa shape index (κ1) is 27.9. The predicted molar refractivity (Wildman–Crippen MR) is 147 cm³/mol. The normalized spacial score (nSPS) is 12.2. The van der Waals surface area contributed by atoms with E-state index < -0.39 is 15.9 Å². The first-order valence-corrected chi connectivity index (χ1v) is 13.7. The molecule has 2 amide bonds. The zero-order valence-electron chi connectivity index (χ0n) is 22.0. The number of rotatable bonds is 9. The first-order chi connectivity index (χ1) is 17.4. The highest BCUT2D eigenvalue weighted by atomic mass is 32.2. The molecule has 1 unspecified atom stereocenters. The summed E-state index contributed by atoms with van der Waals surface area (Å²) in [5, 5.41) is 2.94. The van der Waals surface area contributed by atoms with Gasteiger partial charge in [0.05, 0.1) is 13.4 Å². The van der Waals surface area contributed by atoms with Crippen molar-refractivity contribution in [1.82, 2.24) is 9.62 Å². The van der Waals surface area contributed by atoms with Gasteiger partial charge in [0.15, 0.2) is 0 Å². The van der Waals surface area contributed by atoms with Crippen molar-refractivity contribution in [2.75, 3.05) is 32.8 Å². The second kappa shape index (κ2) is 11.6. The van der Waals surface area contributed by atoms with Gasteiger partial charge in [0.25, 0.3) is 11.8 Å². The molecule has 0 aromatic heterocycles. The molecular formula is C28H33N3O5S. The van der Waals surface area contributed by atoms with E-state index in [0.717, 1.165) is 40.7 Å². The number of amides is 2. The Hall–Kier alpha value is -3.69. The van der Waals surface area contributed by atoms with Crippen LogP contribution in [0.15, 0.2) is 60.7 Å². The van der Waals surface area contributed by atoms with E-state index in [9.17, 15) is 18.0 Å². The van der Waals surface area contributed by atoms with Gasteiger partial charge in [-0.05, 0) is 86.6 Å². The van der Waals surface area contributed by atoms with Gasteiger partial charge in [-0.15, -0.1) is 0 Å². The van der Waals surface area contributed by atoms with Crippen molar-refractivity contribution in [3.63, 3.8) is 0 Å². The van der Waals surface area contributed by atoms with Crippen molar-refractivity contribution >= 4 is 27.5 Å². The monoisotopic (exact) mass is 523 g/mol. The average molecular weight is 524 g/mol. The topological polar surface area (TPSA) is 105 Å². The number of ether oxygens (including phenoxy) is 1. The Morgan fingerprint density at radius 3 is 2.11 bits per heavy atom. The van der Waals surface area contributed by atoms with Gasteiger partial charge in [0.2, 0.25) is 10.0 Å². The van der Waals surface area contributed by atoms with Gasteiger partial charge in [-0.1, -0.05) is 25.1 Å². The van der Waals surface area contributed by atoms with Gasteiger partial charge >= 0.3 is 0 Å². The minimum Gasteiger partial charge on any atom is -0.496 e. The Labute approximate surface area is 218 Å². The maximum Gasteiger partial charge on any atom is 0.264 e. The Morgan fingerprint density at radius 1 is 0.946 bits per heavy atom. The molecule has 0 aliphatic rings. The largest absolute Gasteiger partial charge is 0.496 e. The lowest BCUT2D eigenvalue weighted by Crippen LogP contribution is -2.29. The highest BCUT2D eigenvalue weighted by Crippen LogP contribution is 2.32. The number of aryl methyl sites for hydroxylation is 1. The average Bonchev–Trinajstić information content (AvgIpc) is 2.83. The van der Waals surface area contributed by atoms with Crippen molar-refractivity contribution in [2.45, 2.75) is 26.3 Å². The molecule has 3 rings (SSSR count). The summed E-state index contributed by atoms with van der Waals surface area (Å²) in [6.45, 7) is 3.94. The fourth-order valence-corrected chi connectivity index (χ4v) is 4.75. The molecule has 0 saturated heterocycles. The third-order valence-electron chi connectivity index (χ3n) is 6.08. The Bertz CT molecular complexity index is 1400. The number of anilines is 1. The second-order valence-corrected chi connectivity index (χ2v) is 10.9. The van der Waals surface area contributed by atoms with Gasteiger partial charge < -0.3 is 15.0 Å². The quantitative estimate of drug-likeness (QED) is 0.424. The molecule has 0 spiro atoms. The zero-order valence-corrected chi connectivity index (χ0v) is 22.8. The summed E-state index contributed by atoms with van der Waals surface area (Å²) >= 11 is 0. The molecule has 0 radical (unpaired) electrons. The minimum absolute atomic E-state index is 0.120. The van der Waals surface area contributed by atoms with E-state index in [4.69, 9.17) is 4.74 Å². The second-order valence-electron chi connectivity index (χ2n) is 9.11. The van der Waals surface area contributed by atoms with E-state index in [1.54, 1.807) is 31.4 Å². The van der Waals surface area contributed by atoms with Crippen LogP contribution in [0.3, 0.4) is 0 Å². The number of hydrogen-bond donors (Lipinski definition) is 2. The number of nitrogens with zero attached hydrogens (tertiary/aromatic N) is 1.